The summed E-state index contributed by atoms with van der Waals surface area (Å²) in [6.07, 6.45) is 3.31. The van der Waals surface area contributed by atoms with Crippen molar-refractivity contribution in [2.75, 3.05) is 6.61 Å². The molecule has 0 spiro atoms. The number of para-hydroxylation sites is 1. The van der Waals surface area contributed by atoms with Gasteiger partial charge in [-0.2, -0.15) is 0 Å². The van der Waals surface area contributed by atoms with Gasteiger partial charge in [-0.3, -0.25) is 4.79 Å². The second-order valence-corrected chi connectivity index (χ2v) is 4.49. The SMILES string of the molecule is CC(CCCO)NC(=O)c1cccc2cc[nH]c12. The molecule has 0 aliphatic heterocycles. The normalized spacial score (nSPS) is 12.6. The zero-order valence-electron chi connectivity index (χ0n) is 10.4. The van der Waals surface area contributed by atoms with Gasteiger partial charge in [0, 0.05) is 24.2 Å². The number of rotatable bonds is 5. The monoisotopic (exact) mass is 246 g/mol. The number of hydrogen-bond donors (Lipinski definition) is 3. The number of benzene rings is 1. The fourth-order valence-electron chi connectivity index (χ4n) is 2.05. The lowest BCUT2D eigenvalue weighted by atomic mass is 10.1. The molecule has 0 bridgehead atoms. The molecule has 96 valence electrons. The van der Waals surface area contributed by atoms with Gasteiger partial charge in [0.1, 0.15) is 0 Å². The first kappa shape index (κ1) is 12.6. The Morgan fingerprint density at radius 1 is 1.44 bits per heavy atom. The summed E-state index contributed by atoms with van der Waals surface area (Å²) in [5.74, 6) is -0.0755. The molecular formula is C14H18N2O2. The van der Waals surface area contributed by atoms with Crippen molar-refractivity contribution in [2.24, 2.45) is 0 Å². The van der Waals surface area contributed by atoms with E-state index < -0.39 is 0 Å². The van der Waals surface area contributed by atoms with Crippen molar-refractivity contribution in [3.05, 3.63) is 36.0 Å². The second-order valence-electron chi connectivity index (χ2n) is 4.49. The van der Waals surface area contributed by atoms with Crippen LogP contribution in [-0.4, -0.2) is 28.6 Å². The van der Waals surface area contributed by atoms with Crippen molar-refractivity contribution in [1.82, 2.24) is 10.3 Å². The van der Waals surface area contributed by atoms with Crippen LogP contribution in [0.25, 0.3) is 10.9 Å². The molecular weight excluding hydrogens is 228 g/mol. The highest BCUT2D eigenvalue weighted by Crippen LogP contribution is 2.17. The van der Waals surface area contributed by atoms with E-state index in [1.807, 2.05) is 37.4 Å². The minimum absolute atomic E-state index is 0.0647. The summed E-state index contributed by atoms with van der Waals surface area (Å²) in [7, 11) is 0. The highest BCUT2D eigenvalue weighted by Gasteiger charge is 2.12. The molecule has 4 heteroatoms. The Balaban J connectivity index is 2.11. The number of aromatic amines is 1. The molecule has 1 atom stereocenters. The van der Waals surface area contributed by atoms with Gasteiger partial charge in [0.2, 0.25) is 0 Å². The fourth-order valence-corrected chi connectivity index (χ4v) is 2.05. The summed E-state index contributed by atoms with van der Waals surface area (Å²) in [5.41, 5.74) is 1.53. The Morgan fingerprint density at radius 2 is 2.28 bits per heavy atom. The standard InChI is InChI=1S/C14H18N2O2/c1-10(4-3-9-17)16-14(18)12-6-2-5-11-7-8-15-13(11)12/h2,5-8,10,15,17H,3-4,9H2,1H3,(H,16,18). The van der Waals surface area contributed by atoms with Gasteiger partial charge in [-0.25, -0.2) is 0 Å². The molecule has 2 rings (SSSR count). The first-order valence-corrected chi connectivity index (χ1v) is 6.20. The summed E-state index contributed by atoms with van der Waals surface area (Å²) in [6, 6.07) is 7.67. The minimum atomic E-state index is -0.0755. The van der Waals surface area contributed by atoms with Gasteiger partial charge in [-0.05, 0) is 31.9 Å². The molecule has 0 saturated heterocycles. The molecule has 1 amide bonds. The highest BCUT2D eigenvalue weighted by molar-refractivity contribution is 6.05. The Labute approximate surface area is 106 Å². The summed E-state index contributed by atoms with van der Waals surface area (Å²) in [4.78, 5) is 15.2. The third kappa shape index (κ3) is 2.71. The van der Waals surface area contributed by atoms with Crippen molar-refractivity contribution in [2.45, 2.75) is 25.8 Å². The number of aliphatic hydroxyl groups is 1. The van der Waals surface area contributed by atoms with E-state index in [-0.39, 0.29) is 18.6 Å². The quantitative estimate of drug-likeness (QED) is 0.756. The lowest BCUT2D eigenvalue weighted by molar-refractivity contribution is 0.0938. The zero-order chi connectivity index (χ0) is 13.0. The van der Waals surface area contributed by atoms with E-state index in [1.165, 1.54) is 0 Å². The maximum Gasteiger partial charge on any atom is 0.253 e. The lowest BCUT2D eigenvalue weighted by Gasteiger charge is -2.13. The number of hydrogen-bond acceptors (Lipinski definition) is 2. The van der Waals surface area contributed by atoms with Gasteiger partial charge in [0.25, 0.3) is 5.91 Å². The molecule has 1 aromatic heterocycles. The molecule has 0 aliphatic carbocycles. The number of carbonyl (C=O) groups excluding carboxylic acids is 1. The van der Waals surface area contributed by atoms with Crippen molar-refractivity contribution in [3.63, 3.8) is 0 Å². The number of aromatic nitrogens is 1. The number of carbonyl (C=O) groups is 1. The van der Waals surface area contributed by atoms with Crippen LogP contribution in [0.15, 0.2) is 30.5 Å². The minimum Gasteiger partial charge on any atom is -0.396 e. The molecule has 1 heterocycles. The topological polar surface area (TPSA) is 65.1 Å². The van der Waals surface area contributed by atoms with Crippen molar-refractivity contribution in [3.8, 4) is 0 Å². The molecule has 0 aliphatic rings. The van der Waals surface area contributed by atoms with Gasteiger partial charge in [-0.15, -0.1) is 0 Å². The molecule has 0 radical (unpaired) electrons. The third-order valence-corrected chi connectivity index (χ3v) is 3.00. The number of H-pyrrole nitrogens is 1. The predicted octanol–water partition coefficient (Wildman–Crippen LogP) is 2.06. The molecule has 2 aromatic rings. The second kappa shape index (κ2) is 5.69. The van der Waals surface area contributed by atoms with Gasteiger partial charge < -0.3 is 15.4 Å². The van der Waals surface area contributed by atoms with Crippen molar-refractivity contribution < 1.29 is 9.90 Å². The van der Waals surface area contributed by atoms with Crippen LogP contribution in [0.5, 0.6) is 0 Å². The van der Waals surface area contributed by atoms with Crippen LogP contribution in [0, 0.1) is 0 Å². The van der Waals surface area contributed by atoms with Crippen LogP contribution >= 0.6 is 0 Å². The van der Waals surface area contributed by atoms with E-state index in [9.17, 15) is 4.79 Å². The van der Waals surface area contributed by atoms with E-state index >= 15 is 0 Å². The highest BCUT2D eigenvalue weighted by atomic mass is 16.2. The number of amides is 1. The van der Waals surface area contributed by atoms with E-state index in [0.29, 0.717) is 12.0 Å². The van der Waals surface area contributed by atoms with E-state index in [2.05, 4.69) is 10.3 Å². The van der Waals surface area contributed by atoms with Gasteiger partial charge in [-0.1, -0.05) is 12.1 Å². The maximum atomic E-state index is 12.1. The largest absolute Gasteiger partial charge is 0.396 e. The summed E-state index contributed by atoms with van der Waals surface area (Å²) >= 11 is 0. The third-order valence-electron chi connectivity index (χ3n) is 3.00. The van der Waals surface area contributed by atoms with Crippen LogP contribution < -0.4 is 5.32 Å². The molecule has 18 heavy (non-hydrogen) atoms. The summed E-state index contributed by atoms with van der Waals surface area (Å²) in [6.45, 7) is 2.11. The van der Waals surface area contributed by atoms with E-state index in [4.69, 9.17) is 5.11 Å². The number of aliphatic hydroxyl groups excluding tert-OH is 1. The van der Waals surface area contributed by atoms with Crippen LogP contribution in [-0.2, 0) is 0 Å². The zero-order valence-corrected chi connectivity index (χ0v) is 10.4. The van der Waals surface area contributed by atoms with Crippen LogP contribution in [0.1, 0.15) is 30.1 Å². The Hall–Kier alpha value is -1.81. The van der Waals surface area contributed by atoms with Gasteiger partial charge >= 0.3 is 0 Å². The molecule has 3 N–H and O–H groups in total. The molecule has 1 aromatic carbocycles. The smallest absolute Gasteiger partial charge is 0.253 e. The Bertz CT molecular complexity index is 533. The average Bonchev–Trinajstić information content (AvgIpc) is 2.84. The van der Waals surface area contributed by atoms with Gasteiger partial charge in [0.05, 0.1) is 11.1 Å². The van der Waals surface area contributed by atoms with Crippen LogP contribution in [0.2, 0.25) is 0 Å². The van der Waals surface area contributed by atoms with E-state index in [1.54, 1.807) is 0 Å². The van der Waals surface area contributed by atoms with Crippen LogP contribution in [0.4, 0.5) is 0 Å². The maximum absolute atomic E-state index is 12.1. The fraction of sp³-hybridized carbons (Fsp3) is 0.357. The lowest BCUT2D eigenvalue weighted by Crippen LogP contribution is -2.32. The first-order chi connectivity index (χ1) is 8.72. The van der Waals surface area contributed by atoms with Crippen molar-refractivity contribution >= 4 is 16.8 Å². The molecule has 0 saturated carbocycles. The van der Waals surface area contributed by atoms with E-state index in [0.717, 1.165) is 17.3 Å². The molecule has 1 unspecified atom stereocenters. The number of nitrogens with one attached hydrogen (secondary N) is 2. The average molecular weight is 246 g/mol. The summed E-state index contributed by atoms with van der Waals surface area (Å²) < 4.78 is 0. The number of fused-ring (bicyclic) bond motifs is 1. The predicted molar refractivity (Wildman–Crippen MR) is 71.5 cm³/mol. The Kier molecular flexibility index (Phi) is 3.99. The van der Waals surface area contributed by atoms with Crippen LogP contribution in [0.3, 0.4) is 0 Å². The molecule has 0 fully saturated rings. The Morgan fingerprint density at radius 3 is 3.06 bits per heavy atom. The summed E-state index contributed by atoms with van der Waals surface area (Å²) in [5, 5.41) is 12.7. The van der Waals surface area contributed by atoms with Crippen molar-refractivity contribution in [1.29, 1.82) is 0 Å². The first-order valence-electron chi connectivity index (χ1n) is 6.20. The molecule has 4 nitrogen and oxygen atoms in total. The van der Waals surface area contributed by atoms with Gasteiger partial charge in [0.15, 0.2) is 0 Å².